The van der Waals surface area contributed by atoms with Crippen molar-refractivity contribution < 1.29 is 0 Å². The molecule has 0 radical (unpaired) electrons. The van der Waals surface area contributed by atoms with E-state index in [0.29, 0.717) is 15.0 Å². The normalized spacial score (nSPS) is 10.6. The van der Waals surface area contributed by atoms with E-state index in [1.165, 1.54) is 5.56 Å². The minimum atomic E-state index is 0.675. The molecule has 0 bridgehead atoms. The van der Waals surface area contributed by atoms with Crippen LogP contribution in [-0.4, -0.2) is 15.0 Å². The third kappa shape index (κ3) is 3.41. The van der Waals surface area contributed by atoms with Gasteiger partial charge >= 0.3 is 74.1 Å². The summed E-state index contributed by atoms with van der Waals surface area (Å²) in [5.41, 5.74) is 1.40. The Kier molecular flexibility index (Phi) is 4.03. The molecular weight excluding hydrogens is 199 g/mol. The van der Waals surface area contributed by atoms with Crippen molar-refractivity contribution in [2.24, 2.45) is 0 Å². The van der Waals surface area contributed by atoms with E-state index in [1.54, 1.807) is 0 Å². The zero-order chi connectivity index (χ0) is 7.94. The second-order valence-electron chi connectivity index (χ2n) is 2.30. The van der Waals surface area contributed by atoms with Gasteiger partial charge in [0.2, 0.25) is 0 Å². The molecule has 0 N–H and O–H groups in total. The topological polar surface area (TPSA) is 0 Å². The molecule has 0 nitrogen and oxygen atoms in total. The second-order valence-corrected chi connectivity index (χ2v) is 3.86. The molecule has 0 saturated heterocycles. The summed E-state index contributed by atoms with van der Waals surface area (Å²) in [7, 11) is 0. The first kappa shape index (κ1) is 8.57. The van der Waals surface area contributed by atoms with Crippen molar-refractivity contribution in [3.8, 4) is 0 Å². The van der Waals surface area contributed by atoms with Gasteiger partial charge in [0, 0.05) is 0 Å². The number of rotatable bonds is 3. The van der Waals surface area contributed by atoms with Gasteiger partial charge in [-0.15, -0.1) is 0 Å². The van der Waals surface area contributed by atoms with Crippen LogP contribution in [0.1, 0.15) is 5.56 Å². The van der Waals surface area contributed by atoms with E-state index in [9.17, 15) is 0 Å². The maximum atomic E-state index is 2.26. The van der Waals surface area contributed by atoms with E-state index in [2.05, 4.69) is 47.2 Å². The summed E-state index contributed by atoms with van der Waals surface area (Å²) in [5, 5.41) is 0. The first-order valence-corrected chi connectivity index (χ1v) is 6.35. The van der Waals surface area contributed by atoms with E-state index in [4.69, 9.17) is 0 Å². The van der Waals surface area contributed by atoms with Gasteiger partial charge in [0.15, 0.2) is 0 Å². The average molecular weight is 211 g/mol. The summed E-state index contributed by atoms with van der Waals surface area (Å²) in [4.78, 5) is 2.26. The molecule has 0 atom stereocenters. The Balaban J connectivity index is 2.45. The standard InChI is InChI=1S/C10H12Se/c1-11-9-5-8-10-6-3-2-4-7-10/h2-7,9H,8H2,1H3/b9-5+. The molecule has 11 heavy (non-hydrogen) atoms. The molecule has 0 aliphatic carbocycles. The van der Waals surface area contributed by atoms with E-state index in [0.717, 1.165) is 6.42 Å². The first-order valence-electron chi connectivity index (χ1n) is 3.65. The van der Waals surface area contributed by atoms with Gasteiger partial charge in [0.1, 0.15) is 0 Å². The van der Waals surface area contributed by atoms with E-state index in [-0.39, 0.29) is 0 Å². The van der Waals surface area contributed by atoms with Crippen LogP contribution in [-0.2, 0) is 6.42 Å². The molecule has 1 rings (SSSR count). The van der Waals surface area contributed by atoms with Crippen molar-refractivity contribution in [2.45, 2.75) is 12.2 Å². The Bertz CT molecular complexity index is 214. The van der Waals surface area contributed by atoms with Crippen molar-refractivity contribution in [3.05, 3.63) is 46.9 Å². The van der Waals surface area contributed by atoms with Gasteiger partial charge in [-0.3, -0.25) is 0 Å². The van der Waals surface area contributed by atoms with Crippen LogP contribution in [0.25, 0.3) is 0 Å². The molecule has 0 amide bonds. The summed E-state index contributed by atoms with van der Waals surface area (Å²) in [6.45, 7) is 0. The predicted molar refractivity (Wildman–Crippen MR) is 50.9 cm³/mol. The molecule has 0 fully saturated rings. The van der Waals surface area contributed by atoms with Crippen LogP contribution in [0.4, 0.5) is 0 Å². The van der Waals surface area contributed by atoms with E-state index >= 15 is 0 Å². The number of hydrogen-bond donors (Lipinski definition) is 0. The summed E-state index contributed by atoms with van der Waals surface area (Å²) in [6.07, 6.45) is 3.33. The monoisotopic (exact) mass is 212 g/mol. The molecule has 0 spiro atoms. The molecule has 1 aromatic rings. The molecular formula is C10H12Se. The van der Waals surface area contributed by atoms with Crippen LogP contribution >= 0.6 is 0 Å². The van der Waals surface area contributed by atoms with Crippen molar-refractivity contribution >= 4 is 15.0 Å². The van der Waals surface area contributed by atoms with Crippen LogP contribution in [0.15, 0.2) is 41.4 Å². The fourth-order valence-corrected chi connectivity index (χ4v) is 1.50. The van der Waals surface area contributed by atoms with Crippen molar-refractivity contribution in [3.63, 3.8) is 0 Å². The third-order valence-corrected chi connectivity index (χ3v) is 2.40. The average Bonchev–Trinajstić information content (AvgIpc) is 2.07. The molecule has 0 unspecified atom stereocenters. The Morgan fingerprint density at radius 2 is 2.00 bits per heavy atom. The van der Waals surface area contributed by atoms with Crippen LogP contribution in [0.5, 0.6) is 0 Å². The number of benzene rings is 1. The second kappa shape index (κ2) is 5.17. The van der Waals surface area contributed by atoms with E-state index < -0.39 is 0 Å². The quantitative estimate of drug-likeness (QED) is 0.674. The summed E-state index contributed by atoms with van der Waals surface area (Å²) >= 11 is 0.675. The number of allylic oxidation sites excluding steroid dienone is 1. The molecule has 0 saturated carbocycles. The third-order valence-electron chi connectivity index (χ3n) is 1.43. The van der Waals surface area contributed by atoms with Gasteiger partial charge < -0.3 is 0 Å². The Labute approximate surface area is 74.5 Å². The van der Waals surface area contributed by atoms with Gasteiger partial charge in [0.25, 0.3) is 0 Å². The molecule has 0 aliphatic heterocycles. The summed E-state index contributed by atoms with van der Waals surface area (Å²) in [6, 6.07) is 10.5. The Morgan fingerprint density at radius 3 is 2.64 bits per heavy atom. The SMILES string of the molecule is C[Se]/C=C/Cc1ccccc1. The maximum absolute atomic E-state index is 2.26. The van der Waals surface area contributed by atoms with Gasteiger partial charge in [-0.25, -0.2) is 0 Å². The molecule has 1 aromatic carbocycles. The van der Waals surface area contributed by atoms with Crippen LogP contribution in [0, 0.1) is 0 Å². The molecule has 0 aromatic heterocycles. The van der Waals surface area contributed by atoms with Crippen LogP contribution in [0.2, 0.25) is 5.82 Å². The fraction of sp³-hybridized carbons (Fsp3) is 0.200. The minimum absolute atomic E-state index is 0.675. The van der Waals surface area contributed by atoms with Crippen molar-refractivity contribution in [1.82, 2.24) is 0 Å². The van der Waals surface area contributed by atoms with Gasteiger partial charge in [0.05, 0.1) is 0 Å². The van der Waals surface area contributed by atoms with Gasteiger partial charge in [-0.1, -0.05) is 0 Å². The zero-order valence-corrected chi connectivity index (χ0v) is 8.37. The summed E-state index contributed by atoms with van der Waals surface area (Å²) in [5.74, 6) is 2.22. The molecule has 58 valence electrons. The Hall–Kier alpha value is -0.521. The van der Waals surface area contributed by atoms with Crippen molar-refractivity contribution in [1.29, 1.82) is 0 Å². The van der Waals surface area contributed by atoms with E-state index in [1.807, 2.05) is 0 Å². The van der Waals surface area contributed by atoms with Crippen LogP contribution in [0.3, 0.4) is 0 Å². The molecule has 0 heterocycles. The van der Waals surface area contributed by atoms with Gasteiger partial charge in [-0.2, -0.15) is 0 Å². The summed E-state index contributed by atoms with van der Waals surface area (Å²) < 4.78 is 0. The van der Waals surface area contributed by atoms with Crippen LogP contribution < -0.4 is 0 Å². The number of hydrogen-bond acceptors (Lipinski definition) is 0. The van der Waals surface area contributed by atoms with Gasteiger partial charge in [-0.05, 0) is 0 Å². The zero-order valence-electron chi connectivity index (χ0n) is 6.66. The Morgan fingerprint density at radius 1 is 1.27 bits per heavy atom. The predicted octanol–water partition coefficient (Wildman–Crippen LogP) is 2.50. The molecule has 1 heteroatoms. The molecule has 0 aliphatic rings. The van der Waals surface area contributed by atoms with Crippen molar-refractivity contribution in [2.75, 3.05) is 0 Å². The fourth-order valence-electron chi connectivity index (χ4n) is 0.895. The first-order chi connectivity index (χ1) is 5.43.